The highest BCUT2D eigenvalue weighted by Gasteiger charge is 2.41. The Morgan fingerprint density at radius 1 is 1.00 bits per heavy atom. The predicted molar refractivity (Wildman–Crippen MR) is 90.6 cm³/mol. The Balaban J connectivity index is 1.51. The molecule has 0 aliphatic heterocycles. The Bertz CT molecular complexity index is 526. The Kier molecular flexibility index (Phi) is 5.02. The number of hydrogen-bond donors (Lipinski definition) is 2. The molecule has 3 aliphatic carbocycles. The zero-order valence-electron chi connectivity index (χ0n) is 14.0. The van der Waals surface area contributed by atoms with Crippen LogP contribution in [0.4, 0.5) is 0 Å². The van der Waals surface area contributed by atoms with Crippen molar-refractivity contribution < 1.29 is 13.2 Å². The number of rotatable bonds is 3. The van der Waals surface area contributed by atoms with E-state index in [1.165, 1.54) is 25.5 Å². The van der Waals surface area contributed by atoms with Crippen molar-refractivity contribution in [1.82, 2.24) is 5.32 Å². The van der Waals surface area contributed by atoms with Gasteiger partial charge in [-0.2, -0.15) is 0 Å². The summed E-state index contributed by atoms with van der Waals surface area (Å²) in [6, 6.07) is 0.439. The van der Waals surface area contributed by atoms with E-state index in [4.69, 9.17) is 5.73 Å². The zero-order chi connectivity index (χ0) is 16.6. The molecule has 0 aromatic carbocycles. The predicted octanol–water partition coefficient (Wildman–Crippen LogP) is 1.61. The Morgan fingerprint density at radius 2 is 1.57 bits per heavy atom. The van der Waals surface area contributed by atoms with Gasteiger partial charge in [0.25, 0.3) is 0 Å². The topological polar surface area (TPSA) is 89.3 Å². The van der Waals surface area contributed by atoms with E-state index < -0.39 is 9.84 Å². The van der Waals surface area contributed by atoms with Gasteiger partial charge in [0.15, 0.2) is 0 Å². The summed E-state index contributed by atoms with van der Waals surface area (Å²) >= 11 is 0. The summed E-state index contributed by atoms with van der Waals surface area (Å²) < 4.78 is 23.2. The molecule has 0 aromatic heterocycles. The van der Waals surface area contributed by atoms with Gasteiger partial charge in [-0.05, 0) is 63.2 Å². The molecular formula is C17H30N2O3S. The lowest BCUT2D eigenvalue weighted by molar-refractivity contribution is -0.128. The summed E-state index contributed by atoms with van der Waals surface area (Å²) in [6.45, 7) is 0. The molecule has 0 heterocycles. The molecule has 3 saturated carbocycles. The van der Waals surface area contributed by atoms with Crippen LogP contribution >= 0.6 is 0 Å². The fourth-order valence-corrected chi connectivity index (χ4v) is 6.09. The van der Waals surface area contributed by atoms with Crippen LogP contribution in [0.5, 0.6) is 0 Å². The van der Waals surface area contributed by atoms with Crippen molar-refractivity contribution in [3.05, 3.63) is 0 Å². The van der Waals surface area contributed by atoms with Gasteiger partial charge in [-0.15, -0.1) is 0 Å². The number of fused-ring (bicyclic) bond motifs is 2. The lowest BCUT2D eigenvalue weighted by atomic mass is 9.65. The van der Waals surface area contributed by atoms with Crippen LogP contribution in [0, 0.1) is 17.8 Å². The highest BCUT2D eigenvalue weighted by atomic mass is 32.2. The van der Waals surface area contributed by atoms with Crippen molar-refractivity contribution >= 4 is 15.7 Å². The number of carbonyl (C=O) groups excluding carboxylic acids is 1. The maximum Gasteiger partial charge on any atom is 0.223 e. The molecule has 2 bridgehead atoms. The van der Waals surface area contributed by atoms with Gasteiger partial charge in [0.2, 0.25) is 5.91 Å². The van der Waals surface area contributed by atoms with E-state index in [0.717, 1.165) is 25.7 Å². The molecule has 0 radical (unpaired) electrons. The highest BCUT2D eigenvalue weighted by Crippen LogP contribution is 2.42. The SMILES string of the molecule is CS(=O)(=O)C1CCC(NC(=O)C2CC3CCCC(C2)C3N)CC1. The molecule has 3 fully saturated rings. The minimum Gasteiger partial charge on any atom is -0.353 e. The van der Waals surface area contributed by atoms with E-state index in [1.54, 1.807) is 0 Å². The van der Waals surface area contributed by atoms with E-state index in [9.17, 15) is 13.2 Å². The van der Waals surface area contributed by atoms with Gasteiger partial charge in [0.05, 0.1) is 5.25 Å². The van der Waals surface area contributed by atoms with E-state index >= 15 is 0 Å². The van der Waals surface area contributed by atoms with E-state index in [1.807, 2.05) is 0 Å². The van der Waals surface area contributed by atoms with Crippen molar-refractivity contribution in [3.63, 3.8) is 0 Å². The van der Waals surface area contributed by atoms with Crippen LogP contribution in [0.3, 0.4) is 0 Å². The third kappa shape index (κ3) is 3.90. The molecule has 132 valence electrons. The maximum absolute atomic E-state index is 12.6. The van der Waals surface area contributed by atoms with Crippen LogP contribution in [-0.2, 0) is 14.6 Å². The summed E-state index contributed by atoms with van der Waals surface area (Å²) in [5, 5.41) is 2.97. The molecule has 3 aliphatic rings. The number of amides is 1. The van der Waals surface area contributed by atoms with E-state index in [-0.39, 0.29) is 29.2 Å². The van der Waals surface area contributed by atoms with Crippen molar-refractivity contribution in [3.8, 4) is 0 Å². The minimum absolute atomic E-state index is 0.109. The van der Waals surface area contributed by atoms with Gasteiger partial charge in [0.1, 0.15) is 9.84 Å². The first-order valence-corrected chi connectivity index (χ1v) is 11.0. The summed E-state index contributed by atoms with van der Waals surface area (Å²) in [6.07, 6.45) is 9.68. The average molecular weight is 343 g/mol. The average Bonchev–Trinajstić information content (AvgIpc) is 2.46. The number of nitrogens with two attached hydrogens (primary N) is 1. The summed E-state index contributed by atoms with van der Waals surface area (Å²) in [5.74, 6) is 1.31. The fraction of sp³-hybridized carbons (Fsp3) is 0.941. The van der Waals surface area contributed by atoms with Crippen LogP contribution in [-0.4, -0.2) is 37.9 Å². The number of nitrogens with one attached hydrogen (secondary N) is 1. The molecule has 0 saturated heterocycles. The van der Waals surface area contributed by atoms with Crippen LogP contribution in [0.1, 0.15) is 57.8 Å². The number of carbonyl (C=O) groups is 1. The first-order valence-electron chi connectivity index (χ1n) is 9.09. The summed E-state index contributed by atoms with van der Waals surface area (Å²) in [7, 11) is -2.94. The zero-order valence-corrected chi connectivity index (χ0v) is 14.9. The molecule has 2 atom stereocenters. The smallest absolute Gasteiger partial charge is 0.223 e. The van der Waals surface area contributed by atoms with Crippen LogP contribution in [0.25, 0.3) is 0 Å². The second-order valence-corrected chi connectivity index (χ2v) is 10.3. The molecule has 6 heteroatoms. The maximum atomic E-state index is 12.6. The lowest BCUT2D eigenvalue weighted by Crippen LogP contribution is -2.50. The van der Waals surface area contributed by atoms with Gasteiger partial charge in [-0.1, -0.05) is 6.42 Å². The monoisotopic (exact) mass is 342 g/mol. The van der Waals surface area contributed by atoms with E-state index in [2.05, 4.69) is 5.32 Å². The van der Waals surface area contributed by atoms with Crippen molar-refractivity contribution in [2.24, 2.45) is 23.5 Å². The molecule has 0 spiro atoms. The quantitative estimate of drug-likeness (QED) is 0.815. The molecular weight excluding hydrogens is 312 g/mol. The second-order valence-electron chi connectivity index (χ2n) is 8.01. The van der Waals surface area contributed by atoms with Crippen molar-refractivity contribution in [1.29, 1.82) is 0 Å². The van der Waals surface area contributed by atoms with Gasteiger partial charge >= 0.3 is 0 Å². The second kappa shape index (κ2) is 6.71. The molecule has 0 aromatic rings. The number of hydrogen-bond acceptors (Lipinski definition) is 4. The lowest BCUT2D eigenvalue weighted by Gasteiger charge is -2.44. The van der Waals surface area contributed by atoms with Crippen molar-refractivity contribution in [2.45, 2.75) is 75.1 Å². The Morgan fingerprint density at radius 3 is 2.09 bits per heavy atom. The minimum atomic E-state index is -2.94. The fourth-order valence-electron chi connectivity index (χ4n) is 4.96. The van der Waals surface area contributed by atoms with Gasteiger partial charge in [-0.25, -0.2) is 8.42 Å². The first kappa shape index (κ1) is 17.2. The highest BCUT2D eigenvalue weighted by molar-refractivity contribution is 7.91. The van der Waals surface area contributed by atoms with Gasteiger partial charge < -0.3 is 11.1 Å². The largest absolute Gasteiger partial charge is 0.353 e. The Labute approximate surface area is 139 Å². The molecule has 3 N–H and O–H groups in total. The summed E-state index contributed by atoms with van der Waals surface area (Å²) in [5.41, 5.74) is 6.30. The van der Waals surface area contributed by atoms with Crippen LogP contribution < -0.4 is 11.1 Å². The standard InChI is InChI=1S/C17H30N2O3S/c1-23(21,22)15-7-5-14(6-8-15)19-17(20)13-9-11-3-2-4-12(10-13)16(11)18/h11-16H,2-10,18H2,1H3,(H,19,20). The molecule has 3 rings (SSSR count). The first-order chi connectivity index (χ1) is 10.8. The van der Waals surface area contributed by atoms with Gasteiger partial charge in [-0.3, -0.25) is 4.79 Å². The molecule has 5 nitrogen and oxygen atoms in total. The van der Waals surface area contributed by atoms with Crippen LogP contribution in [0.15, 0.2) is 0 Å². The third-order valence-electron chi connectivity index (χ3n) is 6.41. The normalized spacial score (nSPS) is 41.3. The van der Waals surface area contributed by atoms with Crippen LogP contribution in [0.2, 0.25) is 0 Å². The molecule has 2 unspecified atom stereocenters. The third-order valence-corrected chi connectivity index (χ3v) is 8.09. The van der Waals surface area contributed by atoms with Crippen molar-refractivity contribution in [2.75, 3.05) is 6.26 Å². The molecule has 23 heavy (non-hydrogen) atoms. The summed E-state index contributed by atoms with van der Waals surface area (Å²) in [4.78, 5) is 12.6. The molecule has 1 amide bonds. The van der Waals surface area contributed by atoms with E-state index in [0.29, 0.717) is 24.7 Å². The van der Waals surface area contributed by atoms with Gasteiger partial charge in [0, 0.05) is 24.3 Å². The Hall–Kier alpha value is -0.620. The number of sulfone groups is 1.